The van der Waals surface area contributed by atoms with E-state index >= 15 is 0 Å². The SMILES string of the molecule is CN(C(=O)C(=O)C(Cc1ccccc1)NC(=O)[C@H]1CCC(=O)N1Cc1ccccc1)c1nccs1. The number of carbonyl (C=O) groups excluding carboxylic acids is 4. The number of amides is 3. The van der Waals surface area contributed by atoms with Gasteiger partial charge in [0.15, 0.2) is 5.13 Å². The molecule has 0 bridgehead atoms. The summed E-state index contributed by atoms with van der Waals surface area (Å²) in [6.45, 7) is 0.306. The van der Waals surface area contributed by atoms with Gasteiger partial charge in [0.2, 0.25) is 17.6 Å². The molecule has 35 heavy (non-hydrogen) atoms. The summed E-state index contributed by atoms with van der Waals surface area (Å²) in [7, 11) is 1.48. The Hall–Kier alpha value is -3.85. The topological polar surface area (TPSA) is 99.7 Å². The Morgan fingerprint density at radius 2 is 1.74 bits per heavy atom. The number of nitrogens with one attached hydrogen (secondary N) is 1. The lowest BCUT2D eigenvalue weighted by Gasteiger charge is -2.27. The van der Waals surface area contributed by atoms with Crippen molar-refractivity contribution in [1.29, 1.82) is 0 Å². The fraction of sp³-hybridized carbons (Fsp3) is 0.269. The number of aromatic nitrogens is 1. The molecule has 1 N–H and O–H groups in total. The molecule has 1 aliphatic heterocycles. The normalized spacial score (nSPS) is 16.1. The molecule has 1 unspecified atom stereocenters. The molecular formula is C26H26N4O4S. The molecule has 1 aromatic heterocycles. The fourth-order valence-corrected chi connectivity index (χ4v) is 4.70. The van der Waals surface area contributed by atoms with Gasteiger partial charge < -0.3 is 10.2 Å². The Morgan fingerprint density at radius 1 is 1.09 bits per heavy atom. The Balaban J connectivity index is 1.52. The average molecular weight is 491 g/mol. The van der Waals surface area contributed by atoms with Crippen LogP contribution in [0.2, 0.25) is 0 Å². The minimum atomic E-state index is -1.07. The maximum absolute atomic E-state index is 13.3. The highest BCUT2D eigenvalue weighted by molar-refractivity contribution is 7.13. The van der Waals surface area contributed by atoms with E-state index in [1.165, 1.54) is 28.2 Å². The second kappa shape index (κ2) is 11.1. The van der Waals surface area contributed by atoms with Crippen LogP contribution in [0.1, 0.15) is 24.0 Å². The van der Waals surface area contributed by atoms with Gasteiger partial charge in [-0.05, 0) is 17.5 Å². The van der Waals surface area contributed by atoms with Gasteiger partial charge in [0.25, 0.3) is 5.91 Å². The quantitative estimate of drug-likeness (QED) is 0.465. The molecule has 2 atom stereocenters. The number of hydrogen-bond donors (Lipinski definition) is 1. The number of benzene rings is 2. The predicted molar refractivity (Wildman–Crippen MR) is 133 cm³/mol. The number of ketones is 1. The summed E-state index contributed by atoms with van der Waals surface area (Å²) in [6.07, 6.45) is 2.32. The highest BCUT2D eigenvalue weighted by Gasteiger charge is 2.38. The standard InChI is InChI=1S/C26H26N4O4S/c1-29(26-27-14-15-35-26)25(34)23(32)20(16-18-8-4-2-5-9-18)28-24(33)21-12-13-22(31)30(21)17-19-10-6-3-7-11-19/h2-11,14-15,20-21H,12-13,16-17H2,1H3,(H,28,33)/t20?,21-/m1/s1. The van der Waals surface area contributed by atoms with Crippen molar-refractivity contribution in [1.82, 2.24) is 15.2 Å². The van der Waals surface area contributed by atoms with Crippen LogP contribution in [0, 0.1) is 0 Å². The maximum atomic E-state index is 13.3. The molecule has 1 fully saturated rings. The zero-order valence-corrected chi connectivity index (χ0v) is 20.1. The van der Waals surface area contributed by atoms with E-state index in [1.807, 2.05) is 60.7 Å². The molecule has 1 aliphatic rings. The van der Waals surface area contributed by atoms with Crippen molar-refractivity contribution >= 4 is 40.0 Å². The molecule has 4 rings (SSSR count). The summed E-state index contributed by atoms with van der Waals surface area (Å²) in [5.74, 6) is -2.05. The number of carbonyl (C=O) groups is 4. The van der Waals surface area contributed by atoms with Gasteiger partial charge in [0.1, 0.15) is 12.1 Å². The van der Waals surface area contributed by atoms with E-state index in [2.05, 4.69) is 10.3 Å². The van der Waals surface area contributed by atoms with E-state index in [0.29, 0.717) is 18.1 Å². The summed E-state index contributed by atoms with van der Waals surface area (Å²) in [6, 6.07) is 16.8. The Labute approximate surface area is 207 Å². The lowest BCUT2D eigenvalue weighted by molar-refractivity contribution is -0.140. The monoisotopic (exact) mass is 490 g/mol. The van der Waals surface area contributed by atoms with Crippen molar-refractivity contribution in [2.45, 2.75) is 37.9 Å². The van der Waals surface area contributed by atoms with Crippen LogP contribution in [0.3, 0.4) is 0 Å². The van der Waals surface area contributed by atoms with Gasteiger partial charge in [-0.2, -0.15) is 0 Å². The van der Waals surface area contributed by atoms with Gasteiger partial charge in [0, 0.05) is 38.0 Å². The number of Topliss-reactive ketones (excluding diaryl/α,β-unsaturated/α-hetero) is 1. The molecule has 1 saturated heterocycles. The third-order valence-electron chi connectivity index (χ3n) is 5.96. The van der Waals surface area contributed by atoms with Gasteiger partial charge >= 0.3 is 0 Å². The van der Waals surface area contributed by atoms with E-state index in [0.717, 1.165) is 11.1 Å². The van der Waals surface area contributed by atoms with Crippen molar-refractivity contribution in [2.24, 2.45) is 0 Å². The molecule has 0 radical (unpaired) electrons. The highest BCUT2D eigenvalue weighted by Crippen LogP contribution is 2.22. The number of hydrogen-bond acceptors (Lipinski definition) is 6. The van der Waals surface area contributed by atoms with E-state index < -0.39 is 29.7 Å². The van der Waals surface area contributed by atoms with Crippen molar-refractivity contribution < 1.29 is 19.2 Å². The molecule has 3 aromatic rings. The number of likely N-dealkylation sites (N-methyl/N-ethyl adjacent to an activating group) is 1. The first-order valence-electron chi connectivity index (χ1n) is 11.3. The van der Waals surface area contributed by atoms with E-state index in [-0.39, 0.29) is 18.7 Å². The zero-order valence-electron chi connectivity index (χ0n) is 19.3. The van der Waals surface area contributed by atoms with Crippen molar-refractivity contribution in [3.05, 3.63) is 83.4 Å². The van der Waals surface area contributed by atoms with E-state index in [1.54, 1.807) is 11.6 Å². The first-order chi connectivity index (χ1) is 16.9. The molecule has 0 spiro atoms. The average Bonchev–Trinajstić information content (AvgIpc) is 3.54. The first kappa shape index (κ1) is 24.3. The molecule has 2 aromatic carbocycles. The number of anilines is 1. The van der Waals surface area contributed by atoms with Crippen LogP contribution in [-0.4, -0.2) is 52.5 Å². The summed E-state index contributed by atoms with van der Waals surface area (Å²) < 4.78 is 0. The highest BCUT2D eigenvalue weighted by atomic mass is 32.1. The summed E-state index contributed by atoms with van der Waals surface area (Å²) >= 11 is 1.24. The summed E-state index contributed by atoms with van der Waals surface area (Å²) in [5, 5.41) is 4.88. The number of likely N-dealkylation sites (tertiary alicyclic amines) is 1. The summed E-state index contributed by atoms with van der Waals surface area (Å²) in [4.78, 5) is 58.9. The predicted octanol–water partition coefficient (Wildman–Crippen LogP) is 2.59. The van der Waals surface area contributed by atoms with Crippen LogP contribution in [-0.2, 0) is 32.1 Å². The van der Waals surface area contributed by atoms with Crippen LogP contribution in [0.15, 0.2) is 72.2 Å². The molecule has 8 nitrogen and oxygen atoms in total. The Morgan fingerprint density at radius 3 is 2.37 bits per heavy atom. The third kappa shape index (κ3) is 5.81. The Kier molecular flexibility index (Phi) is 7.67. The zero-order chi connectivity index (χ0) is 24.8. The lowest BCUT2D eigenvalue weighted by Crippen LogP contribution is -2.53. The fourth-order valence-electron chi connectivity index (χ4n) is 4.09. The van der Waals surface area contributed by atoms with Crippen LogP contribution in [0.4, 0.5) is 5.13 Å². The Bertz CT molecular complexity index is 1180. The number of rotatable bonds is 9. The molecule has 3 amide bonds. The van der Waals surface area contributed by atoms with Gasteiger partial charge in [0.05, 0.1) is 0 Å². The molecule has 0 saturated carbocycles. The van der Waals surface area contributed by atoms with E-state index in [9.17, 15) is 19.2 Å². The molecular weight excluding hydrogens is 464 g/mol. The van der Waals surface area contributed by atoms with Crippen LogP contribution in [0.5, 0.6) is 0 Å². The van der Waals surface area contributed by atoms with Gasteiger partial charge in [-0.1, -0.05) is 60.7 Å². The van der Waals surface area contributed by atoms with Gasteiger partial charge in [-0.25, -0.2) is 4.98 Å². The molecule has 0 aliphatic carbocycles. The molecule has 9 heteroatoms. The second-order valence-corrected chi connectivity index (χ2v) is 9.23. The van der Waals surface area contributed by atoms with E-state index in [4.69, 9.17) is 0 Å². The smallest absolute Gasteiger partial charge is 0.298 e. The van der Waals surface area contributed by atoms with Gasteiger partial charge in [-0.3, -0.25) is 24.1 Å². The van der Waals surface area contributed by atoms with Crippen molar-refractivity contribution in [3.8, 4) is 0 Å². The largest absolute Gasteiger partial charge is 0.344 e. The minimum Gasteiger partial charge on any atom is -0.344 e. The summed E-state index contributed by atoms with van der Waals surface area (Å²) in [5.41, 5.74) is 1.72. The van der Waals surface area contributed by atoms with Crippen LogP contribution < -0.4 is 10.2 Å². The molecule has 2 heterocycles. The van der Waals surface area contributed by atoms with Crippen molar-refractivity contribution in [2.75, 3.05) is 11.9 Å². The number of nitrogens with zero attached hydrogens (tertiary/aromatic N) is 3. The maximum Gasteiger partial charge on any atom is 0.298 e. The van der Waals surface area contributed by atoms with Crippen LogP contribution in [0.25, 0.3) is 0 Å². The van der Waals surface area contributed by atoms with Crippen LogP contribution >= 0.6 is 11.3 Å². The van der Waals surface area contributed by atoms with Gasteiger partial charge in [-0.15, -0.1) is 11.3 Å². The third-order valence-corrected chi connectivity index (χ3v) is 6.81. The lowest BCUT2D eigenvalue weighted by atomic mass is 10.0. The number of thiazole rings is 1. The van der Waals surface area contributed by atoms with Crippen molar-refractivity contribution in [3.63, 3.8) is 0 Å². The molecule has 180 valence electrons. The second-order valence-electron chi connectivity index (χ2n) is 8.36. The minimum absolute atomic E-state index is 0.112. The first-order valence-corrected chi connectivity index (χ1v) is 12.2.